The Hall–Kier alpha value is -1.96. The maximum atomic E-state index is 11.4. The maximum absolute atomic E-state index is 11.4. The van der Waals surface area contributed by atoms with Crippen molar-refractivity contribution in [3.05, 3.63) is 54.4 Å². The van der Waals surface area contributed by atoms with Crippen LogP contribution in [-0.4, -0.2) is 10.8 Å². The Kier molecular flexibility index (Phi) is 2.59. The lowest BCUT2D eigenvalue weighted by Crippen LogP contribution is -1.96. The summed E-state index contributed by atoms with van der Waals surface area (Å²) in [6.07, 6.45) is 3.37. The smallest absolute Gasteiger partial charge is 0.160 e. The van der Waals surface area contributed by atoms with Gasteiger partial charge in [0, 0.05) is 23.5 Å². The van der Waals surface area contributed by atoms with Crippen LogP contribution in [0.4, 0.5) is 0 Å². The minimum Gasteiger partial charge on any atom is -0.294 e. The van der Waals surface area contributed by atoms with E-state index in [2.05, 4.69) is 4.98 Å². The van der Waals surface area contributed by atoms with Gasteiger partial charge >= 0.3 is 0 Å². The average Bonchev–Trinajstić information content (AvgIpc) is 2.30. The second kappa shape index (κ2) is 4.05. The zero-order valence-corrected chi connectivity index (χ0v) is 8.47. The fourth-order valence-corrected chi connectivity index (χ4v) is 1.55. The molecule has 15 heavy (non-hydrogen) atoms. The van der Waals surface area contributed by atoms with Crippen LogP contribution < -0.4 is 0 Å². The predicted octanol–water partition coefficient (Wildman–Crippen LogP) is 2.95. The first kappa shape index (κ1) is 9.59. The van der Waals surface area contributed by atoms with Gasteiger partial charge in [0.25, 0.3) is 0 Å². The molecular weight excluding hydrogens is 186 g/mol. The van der Waals surface area contributed by atoms with Gasteiger partial charge in [-0.1, -0.05) is 30.3 Å². The summed E-state index contributed by atoms with van der Waals surface area (Å²) in [7, 11) is 0. The fraction of sp³-hybridized carbons (Fsp3) is 0.0769. The molecule has 0 aliphatic heterocycles. The van der Waals surface area contributed by atoms with Crippen molar-refractivity contribution in [2.75, 3.05) is 0 Å². The van der Waals surface area contributed by atoms with E-state index in [4.69, 9.17) is 0 Å². The van der Waals surface area contributed by atoms with E-state index in [0.717, 1.165) is 16.7 Å². The first-order chi connectivity index (χ1) is 7.29. The van der Waals surface area contributed by atoms with Gasteiger partial charge in [0.1, 0.15) is 0 Å². The van der Waals surface area contributed by atoms with Crippen LogP contribution in [0, 0.1) is 0 Å². The summed E-state index contributed by atoms with van der Waals surface area (Å²) in [5, 5.41) is 0. The normalized spacial score (nSPS) is 9.93. The SMILES string of the molecule is CC(=O)c1ccncc1-c1ccccc1. The number of rotatable bonds is 2. The molecule has 0 saturated heterocycles. The van der Waals surface area contributed by atoms with Crippen LogP contribution in [0.25, 0.3) is 11.1 Å². The average molecular weight is 197 g/mol. The molecule has 1 aromatic heterocycles. The molecule has 0 unspecified atom stereocenters. The summed E-state index contributed by atoms with van der Waals surface area (Å²) in [5.74, 6) is 0.0660. The monoisotopic (exact) mass is 197 g/mol. The van der Waals surface area contributed by atoms with E-state index in [1.54, 1.807) is 25.4 Å². The Morgan fingerprint density at radius 3 is 2.53 bits per heavy atom. The van der Waals surface area contributed by atoms with Gasteiger partial charge in [-0.15, -0.1) is 0 Å². The number of Topliss-reactive ketones (excluding diaryl/α,β-unsaturated/α-hetero) is 1. The fourth-order valence-electron chi connectivity index (χ4n) is 1.55. The molecule has 0 atom stereocenters. The molecule has 0 saturated carbocycles. The van der Waals surface area contributed by atoms with Gasteiger partial charge in [-0.2, -0.15) is 0 Å². The molecule has 0 aliphatic carbocycles. The van der Waals surface area contributed by atoms with Crippen molar-refractivity contribution < 1.29 is 4.79 Å². The molecule has 2 rings (SSSR count). The van der Waals surface area contributed by atoms with Gasteiger partial charge < -0.3 is 0 Å². The molecule has 2 nitrogen and oxygen atoms in total. The molecule has 1 heterocycles. The van der Waals surface area contributed by atoms with E-state index in [1.807, 2.05) is 30.3 Å². The molecule has 0 spiro atoms. The van der Waals surface area contributed by atoms with Gasteiger partial charge in [0.2, 0.25) is 0 Å². The lowest BCUT2D eigenvalue weighted by molar-refractivity contribution is 0.101. The highest BCUT2D eigenvalue weighted by molar-refractivity contribution is 6.00. The Balaban J connectivity index is 2.58. The molecule has 0 N–H and O–H groups in total. The van der Waals surface area contributed by atoms with Crippen molar-refractivity contribution in [2.24, 2.45) is 0 Å². The van der Waals surface area contributed by atoms with Crippen LogP contribution in [0.2, 0.25) is 0 Å². The van der Waals surface area contributed by atoms with Crippen LogP contribution in [0.3, 0.4) is 0 Å². The topological polar surface area (TPSA) is 30.0 Å². The first-order valence-corrected chi connectivity index (χ1v) is 4.79. The van der Waals surface area contributed by atoms with E-state index < -0.39 is 0 Å². The molecule has 1 aromatic carbocycles. The second-order valence-electron chi connectivity index (χ2n) is 3.34. The summed E-state index contributed by atoms with van der Waals surface area (Å²) in [5.41, 5.74) is 2.64. The van der Waals surface area contributed by atoms with Gasteiger partial charge in [-0.3, -0.25) is 9.78 Å². The van der Waals surface area contributed by atoms with Gasteiger partial charge in [0.15, 0.2) is 5.78 Å². The predicted molar refractivity (Wildman–Crippen MR) is 59.7 cm³/mol. The molecule has 2 heteroatoms. The number of carbonyl (C=O) groups is 1. The zero-order chi connectivity index (χ0) is 10.7. The molecule has 2 aromatic rings. The van der Waals surface area contributed by atoms with Crippen molar-refractivity contribution in [1.82, 2.24) is 4.98 Å². The Labute approximate surface area is 88.6 Å². The lowest BCUT2D eigenvalue weighted by atomic mass is 10.0. The van der Waals surface area contributed by atoms with Crippen LogP contribution >= 0.6 is 0 Å². The number of ketones is 1. The number of benzene rings is 1. The Morgan fingerprint density at radius 2 is 1.87 bits per heavy atom. The number of pyridine rings is 1. The number of carbonyl (C=O) groups excluding carboxylic acids is 1. The standard InChI is InChI=1S/C13H11NO/c1-10(15)12-7-8-14-9-13(12)11-5-3-2-4-6-11/h2-9H,1H3. The molecule has 0 radical (unpaired) electrons. The molecule has 0 fully saturated rings. The minimum atomic E-state index is 0.0660. The molecule has 0 bridgehead atoms. The molecule has 0 amide bonds. The van der Waals surface area contributed by atoms with E-state index in [-0.39, 0.29) is 5.78 Å². The number of hydrogen-bond acceptors (Lipinski definition) is 2. The first-order valence-electron chi connectivity index (χ1n) is 4.79. The molecular formula is C13H11NO. The van der Waals surface area contributed by atoms with Crippen LogP contribution in [-0.2, 0) is 0 Å². The highest BCUT2D eigenvalue weighted by Gasteiger charge is 2.07. The van der Waals surface area contributed by atoms with Gasteiger partial charge in [-0.25, -0.2) is 0 Å². The summed E-state index contributed by atoms with van der Waals surface area (Å²) >= 11 is 0. The van der Waals surface area contributed by atoms with Crippen molar-refractivity contribution in [3.8, 4) is 11.1 Å². The highest BCUT2D eigenvalue weighted by atomic mass is 16.1. The summed E-state index contributed by atoms with van der Waals surface area (Å²) in [4.78, 5) is 15.5. The third-order valence-corrected chi connectivity index (χ3v) is 2.29. The molecule has 74 valence electrons. The van der Waals surface area contributed by atoms with Crippen LogP contribution in [0.1, 0.15) is 17.3 Å². The van der Waals surface area contributed by atoms with E-state index in [9.17, 15) is 4.79 Å². The Bertz CT molecular complexity index is 477. The van der Waals surface area contributed by atoms with Crippen molar-refractivity contribution in [3.63, 3.8) is 0 Å². The van der Waals surface area contributed by atoms with Crippen LogP contribution in [0.15, 0.2) is 48.8 Å². The Morgan fingerprint density at radius 1 is 1.13 bits per heavy atom. The quantitative estimate of drug-likeness (QED) is 0.693. The van der Waals surface area contributed by atoms with E-state index in [0.29, 0.717) is 0 Å². The summed E-state index contributed by atoms with van der Waals surface area (Å²) < 4.78 is 0. The minimum absolute atomic E-state index is 0.0660. The summed E-state index contributed by atoms with van der Waals surface area (Å²) in [6, 6.07) is 11.6. The third-order valence-electron chi connectivity index (χ3n) is 2.29. The van der Waals surface area contributed by atoms with Crippen molar-refractivity contribution >= 4 is 5.78 Å². The van der Waals surface area contributed by atoms with Gasteiger partial charge in [-0.05, 0) is 18.6 Å². The van der Waals surface area contributed by atoms with E-state index >= 15 is 0 Å². The number of hydrogen-bond donors (Lipinski definition) is 0. The van der Waals surface area contributed by atoms with Crippen molar-refractivity contribution in [1.29, 1.82) is 0 Å². The number of nitrogens with zero attached hydrogens (tertiary/aromatic N) is 1. The summed E-state index contributed by atoms with van der Waals surface area (Å²) in [6.45, 7) is 1.57. The maximum Gasteiger partial charge on any atom is 0.160 e. The second-order valence-corrected chi connectivity index (χ2v) is 3.34. The van der Waals surface area contributed by atoms with Crippen molar-refractivity contribution in [2.45, 2.75) is 6.92 Å². The number of aromatic nitrogens is 1. The zero-order valence-electron chi connectivity index (χ0n) is 8.47. The van der Waals surface area contributed by atoms with Crippen LogP contribution in [0.5, 0.6) is 0 Å². The van der Waals surface area contributed by atoms with E-state index in [1.165, 1.54) is 0 Å². The van der Waals surface area contributed by atoms with Gasteiger partial charge in [0.05, 0.1) is 0 Å². The lowest BCUT2D eigenvalue weighted by Gasteiger charge is -2.05. The highest BCUT2D eigenvalue weighted by Crippen LogP contribution is 2.22. The largest absolute Gasteiger partial charge is 0.294 e. The third kappa shape index (κ3) is 1.94. The molecule has 0 aliphatic rings.